The van der Waals surface area contributed by atoms with Crippen LogP contribution in [0.5, 0.6) is 0 Å². The Morgan fingerprint density at radius 3 is 2.58 bits per heavy atom. The van der Waals surface area contributed by atoms with E-state index in [4.69, 9.17) is 0 Å². The van der Waals surface area contributed by atoms with Crippen molar-refractivity contribution < 1.29 is 19.1 Å². The molecule has 0 saturated carbocycles. The molecule has 0 spiro atoms. The maximum Gasteiger partial charge on any atom is 0.294 e. The molecular weight excluding hydrogens is 463 g/mol. The number of nitrogens with one attached hydrogen (secondary N) is 1. The highest BCUT2D eigenvalue weighted by Gasteiger charge is 2.27. The highest BCUT2D eigenvalue weighted by Crippen LogP contribution is 2.40. The van der Waals surface area contributed by atoms with Crippen LogP contribution in [0.3, 0.4) is 0 Å². The van der Waals surface area contributed by atoms with Crippen LogP contribution in [0.2, 0.25) is 0 Å². The fourth-order valence-corrected chi connectivity index (χ4v) is 4.80. The van der Waals surface area contributed by atoms with Crippen LogP contribution in [0.25, 0.3) is 11.1 Å². The van der Waals surface area contributed by atoms with E-state index >= 15 is 4.39 Å². The van der Waals surface area contributed by atoms with Crippen molar-refractivity contribution in [1.29, 1.82) is 0 Å². The number of nitrogens with zero attached hydrogens (tertiary/aromatic N) is 1. The van der Waals surface area contributed by atoms with Gasteiger partial charge >= 0.3 is 0 Å². The van der Waals surface area contributed by atoms with E-state index in [1.807, 2.05) is 6.07 Å². The second-order valence-corrected chi connectivity index (χ2v) is 9.21. The van der Waals surface area contributed by atoms with Crippen LogP contribution >= 0.6 is 0 Å². The first-order chi connectivity index (χ1) is 17.1. The Bertz CT molecular complexity index is 1450. The van der Waals surface area contributed by atoms with Crippen molar-refractivity contribution in [3.8, 4) is 11.1 Å². The molecule has 186 valence electrons. The largest absolute Gasteiger partial charge is 0.345 e. The summed E-state index contributed by atoms with van der Waals surface area (Å²) < 4.78 is 15.0. The van der Waals surface area contributed by atoms with Gasteiger partial charge in [-0.2, -0.15) is 0 Å². The van der Waals surface area contributed by atoms with Gasteiger partial charge in [0, 0.05) is 5.56 Å². The molecule has 1 amide bonds. The molecule has 0 bridgehead atoms. The number of rotatable bonds is 5. The molecular formula is C28H27FN2O5. The lowest BCUT2D eigenvalue weighted by Crippen LogP contribution is -2.30. The molecule has 8 heteroatoms. The Morgan fingerprint density at radius 2 is 1.86 bits per heavy atom. The third-order valence-electron chi connectivity index (χ3n) is 7.03. The summed E-state index contributed by atoms with van der Waals surface area (Å²) in [4.78, 5) is 40.8. The third-order valence-corrected chi connectivity index (χ3v) is 7.03. The van der Waals surface area contributed by atoms with Gasteiger partial charge in [-0.25, -0.2) is 4.39 Å². The first-order valence-electron chi connectivity index (χ1n) is 11.7. The maximum absolute atomic E-state index is 15.0. The highest BCUT2D eigenvalue weighted by atomic mass is 19.1. The summed E-state index contributed by atoms with van der Waals surface area (Å²) in [6, 6.07) is 11.0. The predicted molar refractivity (Wildman–Crippen MR) is 134 cm³/mol. The minimum Gasteiger partial charge on any atom is -0.345 e. The van der Waals surface area contributed by atoms with Crippen molar-refractivity contribution >= 4 is 5.91 Å². The molecule has 0 radical (unpaired) electrons. The van der Waals surface area contributed by atoms with Crippen molar-refractivity contribution in [3.05, 3.63) is 113 Å². The van der Waals surface area contributed by atoms with Crippen molar-refractivity contribution in [2.45, 2.75) is 53.2 Å². The van der Waals surface area contributed by atoms with E-state index < -0.39 is 29.5 Å². The van der Waals surface area contributed by atoms with Crippen LogP contribution in [0.4, 0.5) is 4.39 Å². The van der Waals surface area contributed by atoms with Gasteiger partial charge in [0.05, 0.1) is 11.6 Å². The average molecular weight is 491 g/mol. The number of fused-ring (bicyclic) bond motifs is 3. The maximum atomic E-state index is 15.0. The quantitative estimate of drug-likeness (QED) is 0.391. The summed E-state index contributed by atoms with van der Waals surface area (Å²) >= 11 is 0. The lowest BCUT2D eigenvalue weighted by molar-refractivity contribution is -0.763. The van der Waals surface area contributed by atoms with Crippen molar-refractivity contribution in [1.82, 2.24) is 5.32 Å². The number of amides is 1. The number of aryl methyl sites for hydroxylation is 3. The molecule has 0 heterocycles. The van der Waals surface area contributed by atoms with Crippen LogP contribution in [-0.2, 0) is 17.9 Å². The van der Waals surface area contributed by atoms with Crippen molar-refractivity contribution in [2.24, 2.45) is 0 Å². The molecule has 1 N–H and O–H groups in total. The normalized spacial score (nSPS) is 14.3. The van der Waals surface area contributed by atoms with Gasteiger partial charge in [-0.3, -0.25) is 9.59 Å². The Balaban J connectivity index is 1.79. The molecule has 1 aliphatic carbocycles. The molecule has 1 aliphatic rings. The molecule has 0 aromatic heterocycles. The van der Waals surface area contributed by atoms with Gasteiger partial charge in [-0.15, -0.1) is 10.1 Å². The summed E-state index contributed by atoms with van der Waals surface area (Å²) in [5, 5.41) is 12.4. The van der Waals surface area contributed by atoms with E-state index in [1.165, 1.54) is 29.3 Å². The summed E-state index contributed by atoms with van der Waals surface area (Å²) in [6.45, 7) is 7.35. The number of benzene rings is 2. The van der Waals surface area contributed by atoms with Crippen molar-refractivity contribution in [3.63, 3.8) is 0 Å². The molecule has 7 nitrogen and oxygen atoms in total. The average Bonchev–Trinajstić information content (AvgIpc) is 3.06. The standard InChI is InChI=1S/C28H27FN2O5/c1-15-8-10-21-23(13-25(15)32)24(11-9-19-12-16(2)17(3)18(4)26(19)21)30-28(33)22-7-5-6-20(27(22)29)14-36-31(34)35/h5-8,10,12-13,24H,9,11,14H2,1-4H3,(H,30,33)/t24-/m0/s1. The van der Waals surface area contributed by atoms with Crippen LogP contribution in [0.1, 0.15) is 61.8 Å². The Kier molecular flexibility index (Phi) is 6.88. The van der Waals surface area contributed by atoms with E-state index in [1.54, 1.807) is 19.1 Å². The van der Waals surface area contributed by atoms with E-state index in [9.17, 15) is 19.7 Å². The van der Waals surface area contributed by atoms with Gasteiger partial charge in [0.2, 0.25) is 0 Å². The number of halogens is 1. The topological polar surface area (TPSA) is 98.5 Å². The lowest BCUT2D eigenvalue weighted by Gasteiger charge is -2.19. The smallest absolute Gasteiger partial charge is 0.294 e. The molecule has 0 fully saturated rings. The molecule has 3 aromatic rings. The first kappa shape index (κ1) is 25.0. The van der Waals surface area contributed by atoms with Crippen LogP contribution < -0.4 is 10.7 Å². The zero-order valence-corrected chi connectivity index (χ0v) is 20.6. The Hall–Kier alpha value is -4.07. The van der Waals surface area contributed by atoms with Crippen LogP contribution in [-0.4, -0.2) is 11.0 Å². The lowest BCUT2D eigenvalue weighted by atomic mass is 9.88. The van der Waals surface area contributed by atoms with Crippen LogP contribution in [0.15, 0.2) is 47.3 Å². The second-order valence-electron chi connectivity index (χ2n) is 9.21. The molecule has 3 aromatic carbocycles. The number of hydrogen-bond donors (Lipinski definition) is 1. The fourth-order valence-electron chi connectivity index (χ4n) is 4.80. The van der Waals surface area contributed by atoms with Gasteiger partial charge in [0.25, 0.3) is 11.0 Å². The molecule has 0 unspecified atom stereocenters. The Labute approximate surface area is 208 Å². The molecule has 4 rings (SSSR count). The van der Waals surface area contributed by atoms with E-state index in [2.05, 4.69) is 37.0 Å². The summed E-state index contributed by atoms with van der Waals surface area (Å²) in [7, 11) is 0. The van der Waals surface area contributed by atoms with Gasteiger partial charge < -0.3 is 10.2 Å². The van der Waals surface area contributed by atoms with E-state index in [0.717, 1.165) is 22.3 Å². The highest BCUT2D eigenvalue weighted by molar-refractivity contribution is 5.95. The van der Waals surface area contributed by atoms with Gasteiger partial charge in [-0.05, 0) is 97.2 Å². The van der Waals surface area contributed by atoms with E-state index in [-0.39, 0.29) is 16.6 Å². The molecule has 0 saturated heterocycles. The van der Waals surface area contributed by atoms with Gasteiger partial charge in [0.15, 0.2) is 5.43 Å². The summed E-state index contributed by atoms with van der Waals surface area (Å²) in [6.07, 6.45) is 1.18. The van der Waals surface area contributed by atoms with Crippen molar-refractivity contribution in [2.75, 3.05) is 0 Å². The number of carbonyl (C=O) groups excluding carboxylic acids is 1. The summed E-state index contributed by atoms with van der Waals surface area (Å²) in [5.41, 5.74) is 7.30. The van der Waals surface area contributed by atoms with E-state index in [0.29, 0.717) is 24.0 Å². The number of carbonyl (C=O) groups is 1. The fraction of sp³-hybridized carbons (Fsp3) is 0.286. The molecule has 0 aliphatic heterocycles. The molecule has 1 atom stereocenters. The third kappa shape index (κ3) is 4.71. The second kappa shape index (κ2) is 9.89. The zero-order valence-electron chi connectivity index (χ0n) is 20.6. The predicted octanol–water partition coefficient (Wildman–Crippen LogP) is 5.21. The summed E-state index contributed by atoms with van der Waals surface area (Å²) in [5.74, 6) is -1.55. The molecule has 36 heavy (non-hydrogen) atoms. The number of hydrogen-bond acceptors (Lipinski definition) is 5. The zero-order chi connectivity index (χ0) is 26.1. The monoisotopic (exact) mass is 490 g/mol. The minimum absolute atomic E-state index is 0.0986. The van der Waals surface area contributed by atoms with Gasteiger partial charge in [-0.1, -0.05) is 30.3 Å². The Morgan fingerprint density at radius 1 is 1.11 bits per heavy atom. The van der Waals surface area contributed by atoms with Gasteiger partial charge in [0.1, 0.15) is 12.4 Å². The minimum atomic E-state index is -1.01. The van der Waals surface area contributed by atoms with Crippen LogP contribution in [0, 0.1) is 43.6 Å². The SMILES string of the molecule is Cc1cc2c(c(C)c1C)-c1ccc(C)c(=O)cc1[C@@H](NC(=O)c1cccc(CO[N+](=O)[O-])c1F)CC2. The first-order valence-corrected chi connectivity index (χ1v) is 11.7.